The summed E-state index contributed by atoms with van der Waals surface area (Å²) in [6.07, 6.45) is 2.65. The Labute approximate surface area is 104 Å². The summed E-state index contributed by atoms with van der Waals surface area (Å²) in [6.45, 7) is 4.60. The normalized spacial score (nSPS) is 20.9. The SMILES string of the molecule is CN1CCC(CCNCc2ccc(N)cc2)C1. The van der Waals surface area contributed by atoms with Gasteiger partial charge in [0.15, 0.2) is 0 Å². The maximum absolute atomic E-state index is 5.65. The van der Waals surface area contributed by atoms with Crippen LogP contribution in [0, 0.1) is 5.92 Å². The molecule has 1 aromatic carbocycles. The summed E-state index contributed by atoms with van der Waals surface area (Å²) in [5.74, 6) is 0.888. The van der Waals surface area contributed by atoms with Crippen molar-refractivity contribution in [3.8, 4) is 0 Å². The van der Waals surface area contributed by atoms with Crippen molar-refractivity contribution in [2.75, 3.05) is 32.4 Å². The summed E-state index contributed by atoms with van der Waals surface area (Å²) in [5.41, 5.74) is 7.80. The smallest absolute Gasteiger partial charge is 0.0314 e. The largest absolute Gasteiger partial charge is 0.399 e. The summed E-state index contributed by atoms with van der Waals surface area (Å²) >= 11 is 0. The molecule has 1 unspecified atom stereocenters. The maximum atomic E-state index is 5.65. The lowest BCUT2D eigenvalue weighted by atomic mass is 10.1. The van der Waals surface area contributed by atoms with Crippen LogP contribution >= 0.6 is 0 Å². The molecule has 0 spiro atoms. The van der Waals surface area contributed by atoms with Gasteiger partial charge in [-0.2, -0.15) is 0 Å². The highest BCUT2D eigenvalue weighted by atomic mass is 15.1. The van der Waals surface area contributed by atoms with Crippen LogP contribution in [-0.2, 0) is 6.54 Å². The Bertz CT molecular complexity index is 334. The number of nitrogens with two attached hydrogens (primary N) is 1. The van der Waals surface area contributed by atoms with Crippen LogP contribution in [0.25, 0.3) is 0 Å². The number of nitrogen functional groups attached to an aromatic ring is 1. The minimum atomic E-state index is 0.836. The molecule has 1 fully saturated rings. The molecule has 1 heterocycles. The Morgan fingerprint density at radius 2 is 2.12 bits per heavy atom. The number of nitrogens with zero attached hydrogens (tertiary/aromatic N) is 1. The lowest BCUT2D eigenvalue weighted by molar-refractivity contribution is 0.385. The average molecular weight is 233 g/mol. The lowest BCUT2D eigenvalue weighted by Crippen LogP contribution is -2.19. The molecule has 1 aromatic rings. The van der Waals surface area contributed by atoms with Gasteiger partial charge < -0.3 is 16.0 Å². The highest BCUT2D eigenvalue weighted by Crippen LogP contribution is 2.17. The molecular weight excluding hydrogens is 210 g/mol. The van der Waals surface area contributed by atoms with Crippen molar-refractivity contribution in [3.63, 3.8) is 0 Å². The van der Waals surface area contributed by atoms with E-state index in [1.807, 2.05) is 12.1 Å². The van der Waals surface area contributed by atoms with E-state index < -0.39 is 0 Å². The van der Waals surface area contributed by atoms with E-state index >= 15 is 0 Å². The fourth-order valence-corrected chi connectivity index (χ4v) is 2.44. The van der Waals surface area contributed by atoms with E-state index in [0.29, 0.717) is 0 Å². The van der Waals surface area contributed by atoms with E-state index in [-0.39, 0.29) is 0 Å². The second-order valence-corrected chi connectivity index (χ2v) is 5.12. The fourth-order valence-electron chi connectivity index (χ4n) is 2.44. The molecule has 0 bridgehead atoms. The number of hydrogen-bond donors (Lipinski definition) is 2. The van der Waals surface area contributed by atoms with Gasteiger partial charge in [0.1, 0.15) is 0 Å². The lowest BCUT2D eigenvalue weighted by Gasteiger charge is -2.11. The van der Waals surface area contributed by atoms with Gasteiger partial charge in [0.2, 0.25) is 0 Å². The van der Waals surface area contributed by atoms with Crippen LogP contribution in [0.3, 0.4) is 0 Å². The van der Waals surface area contributed by atoms with Gasteiger partial charge in [0.25, 0.3) is 0 Å². The van der Waals surface area contributed by atoms with E-state index in [4.69, 9.17) is 5.73 Å². The van der Waals surface area contributed by atoms with Gasteiger partial charge in [0.05, 0.1) is 0 Å². The monoisotopic (exact) mass is 233 g/mol. The zero-order chi connectivity index (χ0) is 12.1. The number of benzene rings is 1. The molecule has 3 nitrogen and oxygen atoms in total. The van der Waals surface area contributed by atoms with Gasteiger partial charge in [-0.25, -0.2) is 0 Å². The minimum Gasteiger partial charge on any atom is -0.399 e. The molecule has 94 valence electrons. The molecule has 0 amide bonds. The quantitative estimate of drug-likeness (QED) is 0.601. The van der Waals surface area contributed by atoms with E-state index in [1.54, 1.807) is 0 Å². The number of nitrogens with one attached hydrogen (secondary N) is 1. The highest BCUT2D eigenvalue weighted by molar-refractivity contribution is 5.39. The summed E-state index contributed by atoms with van der Waals surface area (Å²) in [5, 5.41) is 3.50. The first-order valence-corrected chi connectivity index (χ1v) is 6.48. The van der Waals surface area contributed by atoms with Gasteiger partial charge in [0, 0.05) is 18.8 Å². The Kier molecular flexibility index (Phi) is 4.40. The van der Waals surface area contributed by atoms with E-state index in [9.17, 15) is 0 Å². The summed E-state index contributed by atoms with van der Waals surface area (Å²) in [6, 6.07) is 8.10. The molecule has 3 heteroatoms. The molecule has 3 N–H and O–H groups in total. The molecule has 0 saturated carbocycles. The second-order valence-electron chi connectivity index (χ2n) is 5.12. The number of hydrogen-bond acceptors (Lipinski definition) is 3. The summed E-state index contributed by atoms with van der Waals surface area (Å²) < 4.78 is 0. The van der Waals surface area contributed by atoms with Crippen molar-refractivity contribution in [1.82, 2.24) is 10.2 Å². The van der Waals surface area contributed by atoms with Crippen molar-refractivity contribution >= 4 is 5.69 Å². The van der Waals surface area contributed by atoms with E-state index in [1.165, 1.54) is 31.5 Å². The molecular formula is C14H23N3. The molecule has 0 aromatic heterocycles. The van der Waals surface area contributed by atoms with Crippen molar-refractivity contribution < 1.29 is 0 Å². The van der Waals surface area contributed by atoms with Crippen LogP contribution in [0.4, 0.5) is 5.69 Å². The standard InChI is InChI=1S/C14H23N3/c1-17-9-7-13(11-17)6-8-16-10-12-2-4-14(15)5-3-12/h2-5,13,16H,6-11,15H2,1H3. The van der Waals surface area contributed by atoms with Gasteiger partial charge in [-0.15, -0.1) is 0 Å². The second kappa shape index (κ2) is 6.03. The Balaban J connectivity index is 1.61. The zero-order valence-electron chi connectivity index (χ0n) is 10.7. The molecule has 1 saturated heterocycles. The molecule has 0 aliphatic carbocycles. The molecule has 1 aliphatic heterocycles. The van der Waals surface area contributed by atoms with Gasteiger partial charge in [-0.3, -0.25) is 0 Å². The number of likely N-dealkylation sites (tertiary alicyclic amines) is 1. The van der Waals surface area contributed by atoms with E-state index in [2.05, 4.69) is 29.4 Å². The Hall–Kier alpha value is -1.06. The Morgan fingerprint density at radius 1 is 1.35 bits per heavy atom. The molecule has 1 atom stereocenters. The minimum absolute atomic E-state index is 0.836. The zero-order valence-corrected chi connectivity index (χ0v) is 10.7. The molecule has 1 aliphatic rings. The predicted octanol–water partition coefficient (Wildman–Crippen LogP) is 1.70. The Morgan fingerprint density at radius 3 is 2.76 bits per heavy atom. The van der Waals surface area contributed by atoms with Crippen LogP contribution in [0.15, 0.2) is 24.3 Å². The first-order chi connectivity index (χ1) is 8.24. The van der Waals surface area contributed by atoms with Crippen LogP contribution in [0.2, 0.25) is 0 Å². The third-order valence-electron chi connectivity index (χ3n) is 3.53. The highest BCUT2D eigenvalue weighted by Gasteiger charge is 2.18. The molecule has 2 rings (SSSR count). The topological polar surface area (TPSA) is 41.3 Å². The van der Waals surface area contributed by atoms with Crippen LogP contribution in [0.5, 0.6) is 0 Å². The van der Waals surface area contributed by atoms with Crippen molar-refractivity contribution in [1.29, 1.82) is 0 Å². The molecule has 0 radical (unpaired) electrons. The number of rotatable bonds is 5. The van der Waals surface area contributed by atoms with Crippen molar-refractivity contribution in [2.24, 2.45) is 5.92 Å². The van der Waals surface area contributed by atoms with Gasteiger partial charge in [-0.1, -0.05) is 12.1 Å². The predicted molar refractivity (Wildman–Crippen MR) is 72.8 cm³/mol. The third kappa shape index (κ3) is 4.02. The van der Waals surface area contributed by atoms with Gasteiger partial charge >= 0.3 is 0 Å². The van der Waals surface area contributed by atoms with E-state index in [0.717, 1.165) is 24.7 Å². The van der Waals surface area contributed by atoms with Crippen molar-refractivity contribution in [3.05, 3.63) is 29.8 Å². The average Bonchev–Trinajstić information content (AvgIpc) is 2.73. The first kappa shape index (κ1) is 12.4. The van der Waals surface area contributed by atoms with Gasteiger partial charge in [-0.05, 0) is 56.6 Å². The van der Waals surface area contributed by atoms with Crippen LogP contribution in [0.1, 0.15) is 18.4 Å². The third-order valence-corrected chi connectivity index (χ3v) is 3.53. The van der Waals surface area contributed by atoms with Crippen LogP contribution < -0.4 is 11.1 Å². The van der Waals surface area contributed by atoms with Crippen molar-refractivity contribution in [2.45, 2.75) is 19.4 Å². The van der Waals surface area contributed by atoms with Crippen LogP contribution in [-0.4, -0.2) is 31.6 Å². The summed E-state index contributed by atoms with van der Waals surface area (Å²) in [4.78, 5) is 2.42. The first-order valence-electron chi connectivity index (χ1n) is 6.48. The molecule has 17 heavy (non-hydrogen) atoms. The summed E-state index contributed by atoms with van der Waals surface area (Å²) in [7, 11) is 2.21. The fraction of sp³-hybridized carbons (Fsp3) is 0.571. The number of anilines is 1. The maximum Gasteiger partial charge on any atom is 0.0314 e.